The molecule has 23 heavy (non-hydrogen) atoms. The van der Waals surface area contributed by atoms with Gasteiger partial charge in [-0.05, 0) is 31.0 Å². The normalized spacial score (nSPS) is 17.2. The van der Waals surface area contributed by atoms with E-state index >= 15 is 0 Å². The van der Waals surface area contributed by atoms with Crippen molar-refractivity contribution >= 4 is 11.9 Å². The fourth-order valence-corrected chi connectivity index (χ4v) is 2.69. The average molecular weight is 313 g/mol. The first-order valence-electron chi connectivity index (χ1n) is 7.27. The Bertz CT molecular complexity index is 800. The van der Waals surface area contributed by atoms with Crippen molar-refractivity contribution in [3.63, 3.8) is 0 Å². The minimum Gasteiger partial charge on any atom is -0.480 e. The number of benzene rings is 1. The van der Waals surface area contributed by atoms with E-state index in [1.54, 1.807) is 24.3 Å². The lowest BCUT2D eigenvalue weighted by molar-refractivity contribution is -0.141. The van der Waals surface area contributed by atoms with Gasteiger partial charge in [0.15, 0.2) is 0 Å². The van der Waals surface area contributed by atoms with E-state index < -0.39 is 17.9 Å². The molecule has 0 radical (unpaired) electrons. The van der Waals surface area contributed by atoms with Gasteiger partial charge in [-0.2, -0.15) is 9.78 Å². The van der Waals surface area contributed by atoms with Crippen molar-refractivity contribution in [2.75, 3.05) is 6.54 Å². The molecule has 1 atom stereocenters. The highest BCUT2D eigenvalue weighted by Gasteiger charge is 2.35. The summed E-state index contributed by atoms with van der Waals surface area (Å²) in [5.41, 5.74) is 0.244. The molecular weight excluding hydrogens is 298 g/mol. The number of rotatable bonds is 3. The van der Waals surface area contributed by atoms with E-state index in [4.69, 9.17) is 0 Å². The van der Waals surface area contributed by atoms with Gasteiger partial charge in [0.05, 0.1) is 5.69 Å². The summed E-state index contributed by atoms with van der Waals surface area (Å²) < 4.78 is 1.14. The number of hydrogen-bond acceptors (Lipinski definition) is 4. The maximum absolute atomic E-state index is 12.5. The number of amides is 1. The molecule has 1 aliphatic heterocycles. The van der Waals surface area contributed by atoms with Crippen LogP contribution in [0, 0.1) is 0 Å². The zero-order chi connectivity index (χ0) is 16.4. The fourth-order valence-electron chi connectivity index (χ4n) is 2.69. The van der Waals surface area contributed by atoms with Crippen LogP contribution in [0.25, 0.3) is 5.69 Å². The second-order valence-electron chi connectivity index (χ2n) is 5.30. The van der Waals surface area contributed by atoms with Crippen LogP contribution >= 0.6 is 0 Å². The van der Waals surface area contributed by atoms with Crippen molar-refractivity contribution in [2.45, 2.75) is 18.9 Å². The van der Waals surface area contributed by atoms with Crippen molar-refractivity contribution in [3.8, 4) is 5.69 Å². The van der Waals surface area contributed by atoms with Crippen LogP contribution in [0.1, 0.15) is 23.3 Å². The number of para-hydroxylation sites is 1. The zero-order valence-electron chi connectivity index (χ0n) is 12.3. The molecule has 1 fully saturated rings. The molecule has 7 heteroatoms. The Kier molecular flexibility index (Phi) is 3.92. The summed E-state index contributed by atoms with van der Waals surface area (Å²) in [4.78, 5) is 37.0. The Morgan fingerprint density at radius 3 is 2.57 bits per heavy atom. The van der Waals surface area contributed by atoms with Crippen LogP contribution in [0.2, 0.25) is 0 Å². The first kappa shape index (κ1) is 15.0. The predicted molar refractivity (Wildman–Crippen MR) is 81.5 cm³/mol. The molecule has 1 saturated heterocycles. The van der Waals surface area contributed by atoms with Gasteiger partial charge < -0.3 is 10.0 Å². The molecule has 7 nitrogen and oxygen atoms in total. The van der Waals surface area contributed by atoms with Crippen LogP contribution < -0.4 is 5.56 Å². The summed E-state index contributed by atoms with van der Waals surface area (Å²) in [6.07, 6.45) is 1.07. The molecule has 1 aliphatic rings. The lowest BCUT2D eigenvalue weighted by Crippen LogP contribution is -2.41. The van der Waals surface area contributed by atoms with E-state index in [0.717, 1.165) is 4.68 Å². The third kappa shape index (κ3) is 2.85. The van der Waals surface area contributed by atoms with E-state index in [1.807, 2.05) is 6.07 Å². The molecule has 1 aromatic carbocycles. The number of carboxylic acids is 1. The van der Waals surface area contributed by atoms with Crippen molar-refractivity contribution < 1.29 is 14.7 Å². The highest BCUT2D eigenvalue weighted by molar-refractivity contribution is 5.95. The number of carbonyl (C=O) groups excluding carboxylic acids is 1. The zero-order valence-corrected chi connectivity index (χ0v) is 12.3. The van der Waals surface area contributed by atoms with Gasteiger partial charge in [0, 0.05) is 12.6 Å². The molecule has 0 spiro atoms. The van der Waals surface area contributed by atoms with Gasteiger partial charge in [-0.3, -0.25) is 9.59 Å². The predicted octanol–water partition coefficient (Wildman–Crippen LogP) is 0.922. The minimum atomic E-state index is -1.02. The van der Waals surface area contributed by atoms with Crippen LogP contribution in [0.5, 0.6) is 0 Å². The molecule has 1 amide bonds. The number of aromatic nitrogens is 2. The molecule has 118 valence electrons. The SMILES string of the molecule is O=C(O)C1CCCN1C(=O)c1ccc(=O)n(-c2ccccc2)n1. The number of hydrogen-bond donors (Lipinski definition) is 1. The summed E-state index contributed by atoms with van der Waals surface area (Å²) in [5.74, 6) is -1.49. The fraction of sp³-hybridized carbons (Fsp3) is 0.250. The molecule has 3 rings (SSSR count). The summed E-state index contributed by atoms with van der Waals surface area (Å²) in [5, 5.41) is 13.3. The third-order valence-electron chi connectivity index (χ3n) is 3.82. The Hall–Kier alpha value is -2.96. The average Bonchev–Trinajstić information content (AvgIpc) is 3.05. The number of carboxylic acid groups (broad SMARTS) is 1. The lowest BCUT2D eigenvalue weighted by Gasteiger charge is -2.21. The summed E-state index contributed by atoms with van der Waals surface area (Å²) in [6, 6.07) is 10.5. The second kappa shape index (κ2) is 6.04. The van der Waals surface area contributed by atoms with Crippen molar-refractivity contribution in [2.24, 2.45) is 0 Å². The van der Waals surface area contributed by atoms with Gasteiger partial charge in [-0.25, -0.2) is 4.79 Å². The van der Waals surface area contributed by atoms with Crippen molar-refractivity contribution in [1.29, 1.82) is 0 Å². The maximum Gasteiger partial charge on any atom is 0.326 e. The first-order chi connectivity index (χ1) is 11.1. The topological polar surface area (TPSA) is 92.5 Å². The van der Waals surface area contributed by atoms with Gasteiger partial charge in [0.25, 0.3) is 11.5 Å². The monoisotopic (exact) mass is 313 g/mol. The summed E-state index contributed by atoms with van der Waals surface area (Å²) in [7, 11) is 0. The molecular formula is C16H15N3O4. The Morgan fingerprint density at radius 1 is 1.13 bits per heavy atom. The Balaban J connectivity index is 1.96. The quantitative estimate of drug-likeness (QED) is 0.909. The Labute approximate surface area is 131 Å². The standard InChI is InChI=1S/C16H15N3O4/c20-14-9-8-12(17-19(14)11-5-2-1-3-6-11)15(21)18-10-4-7-13(18)16(22)23/h1-3,5-6,8-9,13H,4,7,10H2,(H,22,23). The molecule has 1 N–H and O–H groups in total. The van der Waals surface area contributed by atoms with Gasteiger partial charge in [0.1, 0.15) is 11.7 Å². The van der Waals surface area contributed by atoms with Crippen LogP contribution in [0.4, 0.5) is 0 Å². The van der Waals surface area contributed by atoms with Crippen LogP contribution in [-0.2, 0) is 4.79 Å². The van der Waals surface area contributed by atoms with Gasteiger partial charge in [-0.1, -0.05) is 18.2 Å². The molecule has 2 heterocycles. The van der Waals surface area contributed by atoms with Crippen LogP contribution in [0.15, 0.2) is 47.3 Å². The largest absolute Gasteiger partial charge is 0.480 e. The summed E-state index contributed by atoms with van der Waals surface area (Å²) >= 11 is 0. The van der Waals surface area contributed by atoms with E-state index in [0.29, 0.717) is 25.1 Å². The number of likely N-dealkylation sites (tertiary alicyclic amines) is 1. The maximum atomic E-state index is 12.5. The van der Waals surface area contributed by atoms with E-state index in [2.05, 4.69) is 5.10 Å². The minimum absolute atomic E-state index is 0.0570. The van der Waals surface area contributed by atoms with E-state index in [-0.39, 0.29) is 11.3 Å². The molecule has 1 aromatic heterocycles. The first-order valence-corrected chi connectivity index (χ1v) is 7.27. The van der Waals surface area contributed by atoms with Crippen LogP contribution in [-0.4, -0.2) is 44.3 Å². The highest BCUT2D eigenvalue weighted by atomic mass is 16.4. The van der Waals surface area contributed by atoms with Gasteiger partial charge >= 0.3 is 5.97 Å². The Morgan fingerprint density at radius 2 is 1.87 bits per heavy atom. The van der Waals surface area contributed by atoms with Gasteiger partial charge in [0.2, 0.25) is 0 Å². The third-order valence-corrected chi connectivity index (χ3v) is 3.82. The van der Waals surface area contributed by atoms with Crippen molar-refractivity contribution in [1.82, 2.24) is 14.7 Å². The number of aliphatic carboxylic acids is 1. The second-order valence-corrected chi connectivity index (χ2v) is 5.30. The highest BCUT2D eigenvalue weighted by Crippen LogP contribution is 2.19. The lowest BCUT2D eigenvalue weighted by atomic mass is 10.2. The molecule has 0 aliphatic carbocycles. The summed E-state index contributed by atoms with van der Waals surface area (Å²) in [6.45, 7) is 0.377. The molecule has 2 aromatic rings. The molecule has 1 unspecified atom stereocenters. The van der Waals surface area contributed by atoms with E-state index in [1.165, 1.54) is 17.0 Å². The smallest absolute Gasteiger partial charge is 0.326 e. The molecule has 0 bridgehead atoms. The van der Waals surface area contributed by atoms with Crippen LogP contribution in [0.3, 0.4) is 0 Å². The molecule has 0 saturated carbocycles. The number of nitrogens with zero attached hydrogens (tertiary/aromatic N) is 3. The van der Waals surface area contributed by atoms with Gasteiger partial charge in [-0.15, -0.1) is 0 Å². The van der Waals surface area contributed by atoms with Crippen molar-refractivity contribution in [3.05, 3.63) is 58.5 Å². The van der Waals surface area contributed by atoms with E-state index in [9.17, 15) is 19.5 Å². The number of carbonyl (C=O) groups is 2.